The first kappa shape index (κ1) is 17.1. The van der Waals surface area contributed by atoms with Crippen LogP contribution in [0.2, 0.25) is 0 Å². The molecule has 124 valence electrons. The van der Waals surface area contributed by atoms with E-state index in [0.717, 1.165) is 18.7 Å². The molecular formula is C18H27N5. The first-order valence-electron chi connectivity index (χ1n) is 8.22. The molecule has 0 saturated carbocycles. The summed E-state index contributed by atoms with van der Waals surface area (Å²) >= 11 is 0. The van der Waals surface area contributed by atoms with Gasteiger partial charge in [-0.3, -0.25) is 9.67 Å². The van der Waals surface area contributed by atoms with Gasteiger partial charge in [-0.15, -0.1) is 0 Å². The van der Waals surface area contributed by atoms with Crippen molar-refractivity contribution in [3.05, 3.63) is 48.3 Å². The Morgan fingerprint density at radius 2 is 2.04 bits per heavy atom. The van der Waals surface area contributed by atoms with E-state index in [1.807, 2.05) is 16.9 Å². The molecule has 2 atom stereocenters. The molecule has 0 aliphatic carbocycles. The molecule has 2 rings (SSSR count). The number of aliphatic imine (C=N–C) groups is 1. The molecule has 0 spiro atoms. The summed E-state index contributed by atoms with van der Waals surface area (Å²) in [6.45, 7) is 8.08. The summed E-state index contributed by atoms with van der Waals surface area (Å²) in [5, 5.41) is 7.35. The lowest BCUT2D eigenvalue weighted by Gasteiger charge is -2.12. The summed E-state index contributed by atoms with van der Waals surface area (Å²) in [6.07, 6.45) is 4.89. The van der Waals surface area contributed by atoms with Gasteiger partial charge < -0.3 is 11.1 Å². The molecule has 23 heavy (non-hydrogen) atoms. The Balaban J connectivity index is 1.84. The highest BCUT2D eigenvalue weighted by molar-refractivity contribution is 5.92. The van der Waals surface area contributed by atoms with Gasteiger partial charge in [0.1, 0.15) is 0 Å². The Morgan fingerprint density at radius 1 is 1.30 bits per heavy atom. The maximum Gasteiger partial charge on any atom is 0.193 e. The van der Waals surface area contributed by atoms with Crippen LogP contribution in [0.1, 0.15) is 38.7 Å². The number of guanidine groups is 1. The van der Waals surface area contributed by atoms with E-state index >= 15 is 0 Å². The Kier molecular flexibility index (Phi) is 6.20. The van der Waals surface area contributed by atoms with Crippen LogP contribution in [0, 0.1) is 5.92 Å². The van der Waals surface area contributed by atoms with Crippen molar-refractivity contribution in [1.29, 1.82) is 0 Å². The van der Waals surface area contributed by atoms with Gasteiger partial charge in [-0.25, -0.2) is 0 Å². The van der Waals surface area contributed by atoms with Crippen molar-refractivity contribution in [2.75, 3.05) is 11.9 Å². The Hall–Kier alpha value is -2.30. The van der Waals surface area contributed by atoms with Gasteiger partial charge in [0.2, 0.25) is 0 Å². The number of anilines is 1. The average Bonchev–Trinajstić information content (AvgIpc) is 3.06. The summed E-state index contributed by atoms with van der Waals surface area (Å²) in [6, 6.07) is 10.3. The lowest BCUT2D eigenvalue weighted by molar-refractivity contribution is 0.459. The minimum atomic E-state index is 0.378. The van der Waals surface area contributed by atoms with Crippen molar-refractivity contribution >= 4 is 11.6 Å². The van der Waals surface area contributed by atoms with Crippen molar-refractivity contribution < 1.29 is 0 Å². The molecule has 0 aliphatic heterocycles. The van der Waals surface area contributed by atoms with Crippen LogP contribution in [0.3, 0.4) is 0 Å². The van der Waals surface area contributed by atoms with Crippen LogP contribution in [0.25, 0.3) is 0 Å². The van der Waals surface area contributed by atoms with Crippen molar-refractivity contribution in [2.24, 2.45) is 16.6 Å². The number of benzene rings is 1. The zero-order valence-electron chi connectivity index (χ0n) is 14.2. The molecule has 2 unspecified atom stereocenters. The third-order valence-electron chi connectivity index (χ3n) is 4.00. The maximum absolute atomic E-state index is 5.97. The molecule has 1 heterocycles. The summed E-state index contributed by atoms with van der Waals surface area (Å²) in [4.78, 5) is 4.42. The third kappa shape index (κ3) is 5.43. The second-order valence-corrected chi connectivity index (χ2v) is 6.12. The number of hydrogen-bond acceptors (Lipinski definition) is 2. The maximum atomic E-state index is 5.97. The van der Waals surface area contributed by atoms with E-state index in [1.165, 1.54) is 5.56 Å². The zero-order valence-corrected chi connectivity index (χ0v) is 14.2. The number of nitrogens with two attached hydrogens (primary N) is 1. The molecule has 2 aromatic rings. The van der Waals surface area contributed by atoms with Crippen molar-refractivity contribution in [3.8, 4) is 0 Å². The molecule has 0 bridgehead atoms. The summed E-state index contributed by atoms with van der Waals surface area (Å²) < 4.78 is 1.91. The van der Waals surface area contributed by atoms with Crippen LogP contribution in [0.15, 0.2) is 47.7 Å². The quantitative estimate of drug-likeness (QED) is 0.607. The number of nitrogens with zero attached hydrogens (tertiary/aromatic N) is 3. The molecule has 0 amide bonds. The predicted molar refractivity (Wildman–Crippen MR) is 96.7 cm³/mol. The summed E-state index contributed by atoms with van der Waals surface area (Å²) in [5.41, 5.74) is 8.29. The second kappa shape index (κ2) is 8.36. The molecular weight excluding hydrogens is 286 g/mol. The molecule has 0 aliphatic rings. The normalized spacial score (nSPS) is 14.5. The van der Waals surface area contributed by atoms with Crippen molar-refractivity contribution in [3.63, 3.8) is 0 Å². The number of nitrogens with one attached hydrogen (secondary N) is 1. The van der Waals surface area contributed by atoms with E-state index in [0.29, 0.717) is 24.3 Å². The van der Waals surface area contributed by atoms with Gasteiger partial charge in [0.15, 0.2) is 5.96 Å². The molecule has 0 fully saturated rings. The van der Waals surface area contributed by atoms with Gasteiger partial charge >= 0.3 is 0 Å². The highest BCUT2D eigenvalue weighted by atomic mass is 15.3. The van der Waals surface area contributed by atoms with E-state index in [1.54, 1.807) is 6.20 Å². The largest absolute Gasteiger partial charge is 0.370 e. The Bertz CT molecular complexity index is 601. The van der Waals surface area contributed by atoms with Gasteiger partial charge in [0.05, 0.1) is 0 Å². The first-order valence-corrected chi connectivity index (χ1v) is 8.22. The van der Waals surface area contributed by atoms with E-state index in [4.69, 9.17) is 5.73 Å². The highest BCUT2D eigenvalue weighted by Gasteiger charge is 2.04. The Morgan fingerprint density at radius 3 is 2.65 bits per heavy atom. The van der Waals surface area contributed by atoms with Crippen LogP contribution < -0.4 is 11.1 Å². The molecule has 5 heteroatoms. The van der Waals surface area contributed by atoms with E-state index in [-0.39, 0.29) is 0 Å². The number of hydrogen-bond donors (Lipinski definition) is 2. The monoisotopic (exact) mass is 313 g/mol. The molecule has 1 aromatic carbocycles. The predicted octanol–water partition coefficient (Wildman–Crippen LogP) is 3.46. The SMILES string of the molecule is CCC(C)c1ccc(NC(N)=NCC(C)Cn2cccn2)cc1. The fourth-order valence-corrected chi connectivity index (χ4v) is 2.36. The Labute approximate surface area is 138 Å². The molecule has 5 nitrogen and oxygen atoms in total. The fraction of sp³-hybridized carbons (Fsp3) is 0.444. The van der Waals surface area contributed by atoms with Gasteiger partial charge in [-0.05, 0) is 42.0 Å². The second-order valence-electron chi connectivity index (χ2n) is 6.12. The topological polar surface area (TPSA) is 68.2 Å². The minimum absolute atomic E-state index is 0.378. The van der Waals surface area contributed by atoms with Crippen LogP contribution >= 0.6 is 0 Å². The first-order chi connectivity index (χ1) is 11.1. The number of rotatable bonds is 7. The van der Waals surface area contributed by atoms with Crippen LogP contribution in [-0.2, 0) is 6.54 Å². The van der Waals surface area contributed by atoms with Gasteiger partial charge in [-0.2, -0.15) is 5.10 Å². The standard InChI is InChI=1S/C18H27N5/c1-4-15(3)16-6-8-17(9-7-16)22-18(19)20-12-14(2)13-23-11-5-10-21-23/h5-11,14-15H,4,12-13H2,1-3H3,(H3,19,20,22). The van der Waals surface area contributed by atoms with E-state index in [9.17, 15) is 0 Å². The van der Waals surface area contributed by atoms with E-state index < -0.39 is 0 Å². The van der Waals surface area contributed by atoms with Crippen molar-refractivity contribution in [1.82, 2.24) is 9.78 Å². The highest BCUT2D eigenvalue weighted by Crippen LogP contribution is 2.20. The zero-order chi connectivity index (χ0) is 16.7. The van der Waals surface area contributed by atoms with Gasteiger partial charge in [-0.1, -0.05) is 32.9 Å². The number of aromatic nitrogens is 2. The lowest BCUT2D eigenvalue weighted by atomic mass is 9.99. The minimum Gasteiger partial charge on any atom is -0.370 e. The molecule has 3 N–H and O–H groups in total. The third-order valence-corrected chi connectivity index (χ3v) is 4.00. The summed E-state index contributed by atoms with van der Waals surface area (Å²) in [7, 11) is 0. The molecule has 0 radical (unpaired) electrons. The average molecular weight is 313 g/mol. The van der Waals surface area contributed by atoms with E-state index in [2.05, 4.69) is 60.4 Å². The fourth-order valence-electron chi connectivity index (χ4n) is 2.36. The van der Waals surface area contributed by atoms with Crippen molar-refractivity contribution in [2.45, 2.75) is 39.7 Å². The van der Waals surface area contributed by atoms with Gasteiger partial charge in [0.25, 0.3) is 0 Å². The molecule has 0 saturated heterocycles. The molecule has 1 aromatic heterocycles. The lowest BCUT2D eigenvalue weighted by Crippen LogP contribution is -2.24. The van der Waals surface area contributed by atoms with Crippen LogP contribution in [-0.4, -0.2) is 22.3 Å². The smallest absolute Gasteiger partial charge is 0.193 e. The summed E-state index contributed by atoms with van der Waals surface area (Å²) in [5.74, 6) is 1.41. The van der Waals surface area contributed by atoms with Crippen LogP contribution in [0.5, 0.6) is 0 Å². The van der Waals surface area contributed by atoms with Crippen LogP contribution in [0.4, 0.5) is 5.69 Å². The van der Waals surface area contributed by atoms with Gasteiger partial charge in [0, 0.05) is 31.2 Å².